The maximum Gasteiger partial charge on any atom is 0.257 e. The molecular weight excluding hydrogens is 268 g/mol. The Morgan fingerprint density at radius 3 is 3.14 bits per heavy atom. The number of aromatic nitrogens is 2. The average Bonchev–Trinajstić information content (AvgIpc) is 3.25. The lowest BCUT2D eigenvalue weighted by molar-refractivity contribution is 0.0751. The molecule has 21 heavy (non-hydrogen) atoms. The quantitative estimate of drug-likeness (QED) is 0.879. The molecular formula is C15H20N4O2. The maximum atomic E-state index is 12.8. The molecule has 0 aliphatic carbocycles. The number of aromatic amines is 1. The second-order valence-electron chi connectivity index (χ2n) is 5.34. The number of amides is 1. The van der Waals surface area contributed by atoms with Gasteiger partial charge in [-0.3, -0.25) is 9.89 Å². The van der Waals surface area contributed by atoms with Crippen molar-refractivity contribution < 1.29 is 9.21 Å². The SMILES string of the molecule is CCN(Cc1ccoc1)C(=O)c1cn[nH]c1C1CCNC1. The molecule has 112 valence electrons. The van der Waals surface area contributed by atoms with E-state index in [1.807, 2.05) is 17.9 Å². The van der Waals surface area contributed by atoms with Crippen molar-refractivity contribution in [2.75, 3.05) is 19.6 Å². The topological polar surface area (TPSA) is 74.2 Å². The molecule has 1 aliphatic rings. The molecule has 6 nitrogen and oxygen atoms in total. The van der Waals surface area contributed by atoms with Gasteiger partial charge in [0.05, 0.1) is 30.0 Å². The van der Waals surface area contributed by atoms with E-state index in [0.29, 0.717) is 24.6 Å². The first kappa shape index (κ1) is 13.9. The summed E-state index contributed by atoms with van der Waals surface area (Å²) < 4.78 is 5.07. The summed E-state index contributed by atoms with van der Waals surface area (Å²) in [5.41, 5.74) is 2.64. The first-order valence-corrected chi connectivity index (χ1v) is 7.34. The third-order valence-electron chi connectivity index (χ3n) is 3.99. The zero-order chi connectivity index (χ0) is 14.7. The Bertz CT molecular complexity index is 585. The van der Waals surface area contributed by atoms with Crippen molar-refractivity contribution in [2.45, 2.75) is 25.8 Å². The zero-order valence-electron chi connectivity index (χ0n) is 12.1. The molecule has 1 amide bonds. The number of hydrogen-bond acceptors (Lipinski definition) is 4. The van der Waals surface area contributed by atoms with Gasteiger partial charge in [0.1, 0.15) is 0 Å². The van der Waals surface area contributed by atoms with Gasteiger partial charge in [-0.1, -0.05) is 0 Å². The lowest BCUT2D eigenvalue weighted by Crippen LogP contribution is -2.31. The Morgan fingerprint density at radius 2 is 2.48 bits per heavy atom. The van der Waals surface area contributed by atoms with E-state index in [1.54, 1.807) is 18.7 Å². The van der Waals surface area contributed by atoms with E-state index in [4.69, 9.17) is 4.42 Å². The van der Waals surface area contributed by atoms with Crippen LogP contribution in [-0.4, -0.2) is 40.6 Å². The van der Waals surface area contributed by atoms with Crippen molar-refractivity contribution in [3.05, 3.63) is 41.6 Å². The lowest BCUT2D eigenvalue weighted by atomic mass is 10.0. The molecule has 1 fully saturated rings. The molecule has 0 saturated carbocycles. The third kappa shape index (κ3) is 2.85. The van der Waals surface area contributed by atoms with Gasteiger partial charge in [-0.05, 0) is 26.0 Å². The van der Waals surface area contributed by atoms with Crippen LogP contribution in [0.5, 0.6) is 0 Å². The fraction of sp³-hybridized carbons (Fsp3) is 0.467. The largest absolute Gasteiger partial charge is 0.472 e. The normalized spacial score (nSPS) is 18.0. The average molecular weight is 288 g/mol. The number of carbonyl (C=O) groups excluding carboxylic acids is 1. The van der Waals surface area contributed by atoms with Crippen molar-refractivity contribution in [3.63, 3.8) is 0 Å². The van der Waals surface area contributed by atoms with Crippen LogP contribution < -0.4 is 5.32 Å². The van der Waals surface area contributed by atoms with Gasteiger partial charge in [-0.15, -0.1) is 0 Å². The van der Waals surface area contributed by atoms with Crippen LogP contribution in [0.2, 0.25) is 0 Å². The lowest BCUT2D eigenvalue weighted by Gasteiger charge is -2.20. The molecule has 2 aromatic rings. The molecule has 2 aromatic heterocycles. The molecule has 1 unspecified atom stereocenters. The predicted octanol–water partition coefficient (Wildman–Crippen LogP) is 1.74. The Morgan fingerprint density at radius 1 is 1.57 bits per heavy atom. The molecule has 1 saturated heterocycles. The number of nitrogens with zero attached hydrogens (tertiary/aromatic N) is 2. The Balaban J connectivity index is 1.78. The highest BCUT2D eigenvalue weighted by Crippen LogP contribution is 2.24. The smallest absolute Gasteiger partial charge is 0.257 e. The van der Waals surface area contributed by atoms with E-state index in [1.165, 1.54) is 0 Å². The van der Waals surface area contributed by atoms with Crippen molar-refractivity contribution in [3.8, 4) is 0 Å². The van der Waals surface area contributed by atoms with E-state index in [2.05, 4.69) is 15.5 Å². The van der Waals surface area contributed by atoms with Gasteiger partial charge in [0.25, 0.3) is 5.91 Å². The van der Waals surface area contributed by atoms with Gasteiger partial charge < -0.3 is 14.6 Å². The molecule has 0 bridgehead atoms. The summed E-state index contributed by atoms with van der Waals surface area (Å²) in [6.07, 6.45) is 5.98. The maximum absolute atomic E-state index is 12.8. The number of nitrogens with one attached hydrogen (secondary N) is 2. The minimum absolute atomic E-state index is 0.0225. The van der Waals surface area contributed by atoms with E-state index in [0.717, 1.165) is 30.8 Å². The van der Waals surface area contributed by atoms with Crippen LogP contribution in [0.3, 0.4) is 0 Å². The second-order valence-corrected chi connectivity index (χ2v) is 5.34. The number of H-pyrrole nitrogens is 1. The van der Waals surface area contributed by atoms with Crippen molar-refractivity contribution in [1.29, 1.82) is 0 Å². The second kappa shape index (κ2) is 6.13. The zero-order valence-corrected chi connectivity index (χ0v) is 12.1. The molecule has 0 radical (unpaired) electrons. The molecule has 3 heterocycles. The standard InChI is InChI=1S/C15H20N4O2/c1-2-19(9-11-4-6-21-10-11)15(20)13-8-17-18-14(13)12-3-5-16-7-12/h4,6,8,10,12,16H,2-3,5,7,9H2,1H3,(H,17,18). The Kier molecular flexibility index (Phi) is 4.06. The third-order valence-corrected chi connectivity index (χ3v) is 3.99. The first-order chi connectivity index (χ1) is 10.3. The number of carbonyl (C=O) groups is 1. The van der Waals surface area contributed by atoms with Crippen LogP contribution in [0, 0.1) is 0 Å². The summed E-state index contributed by atoms with van der Waals surface area (Å²) >= 11 is 0. The van der Waals surface area contributed by atoms with Crippen LogP contribution in [0.15, 0.2) is 29.2 Å². The molecule has 1 aliphatic heterocycles. The summed E-state index contributed by atoms with van der Waals surface area (Å²) in [6.45, 7) is 5.08. The molecule has 6 heteroatoms. The van der Waals surface area contributed by atoms with E-state index < -0.39 is 0 Å². The van der Waals surface area contributed by atoms with Gasteiger partial charge in [0.15, 0.2) is 0 Å². The monoisotopic (exact) mass is 288 g/mol. The molecule has 2 N–H and O–H groups in total. The number of rotatable bonds is 5. The van der Waals surface area contributed by atoms with E-state index in [9.17, 15) is 4.79 Å². The van der Waals surface area contributed by atoms with Crippen LogP contribution in [0.1, 0.15) is 40.9 Å². The van der Waals surface area contributed by atoms with Crippen molar-refractivity contribution in [1.82, 2.24) is 20.4 Å². The number of hydrogen-bond donors (Lipinski definition) is 2. The highest BCUT2D eigenvalue weighted by Gasteiger charge is 2.26. The minimum atomic E-state index is 0.0225. The van der Waals surface area contributed by atoms with Crippen LogP contribution in [-0.2, 0) is 6.54 Å². The van der Waals surface area contributed by atoms with Crippen molar-refractivity contribution >= 4 is 5.91 Å². The molecule has 0 spiro atoms. The Hall–Kier alpha value is -2.08. The van der Waals surface area contributed by atoms with Gasteiger partial charge in [-0.2, -0.15) is 5.10 Å². The summed E-state index contributed by atoms with van der Waals surface area (Å²) in [7, 11) is 0. The summed E-state index contributed by atoms with van der Waals surface area (Å²) in [4.78, 5) is 14.6. The van der Waals surface area contributed by atoms with Crippen LogP contribution in [0.4, 0.5) is 0 Å². The highest BCUT2D eigenvalue weighted by atomic mass is 16.3. The summed E-state index contributed by atoms with van der Waals surface area (Å²) in [6, 6.07) is 1.88. The fourth-order valence-electron chi connectivity index (χ4n) is 2.78. The minimum Gasteiger partial charge on any atom is -0.472 e. The first-order valence-electron chi connectivity index (χ1n) is 7.34. The van der Waals surface area contributed by atoms with Gasteiger partial charge in [-0.25, -0.2) is 0 Å². The van der Waals surface area contributed by atoms with Crippen molar-refractivity contribution in [2.24, 2.45) is 0 Å². The summed E-state index contributed by atoms with van der Waals surface area (Å²) in [5.74, 6) is 0.369. The van der Waals surface area contributed by atoms with E-state index in [-0.39, 0.29) is 5.91 Å². The fourth-order valence-corrected chi connectivity index (χ4v) is 2.78. The molecule has 0 aromatic carbocycles. The highest BCUT2D eigenvalue weighted by molar-refractivity contribution is 5.95. The van der Waals surface area contributed by atoms with Gasteiger partial charge in [0.2, 0.25) is 0 Å². The van der Waals surface area contributed by atoms with Crippen LogP contribution in [0.25, 0.3) is 0 Å². The Labute approximate surface area is 123 Å². The van der Waals surface area contributed by atoms with Crippen LogP contribution >= 0.6 is 0 Å². The predicted molar refractivity (Wildman–Crippen MR) is 77.9 cm³/mol. The summed E-state index contributed by atoms with van der Waals surface area (Å²) in [5, 5.41) is 10.4. The number of furan rings is 1. The van der Waals surface area contributed by atoms with Gasteiger partial charge in [0, 0.05) is 31.1 Å². The van der Waals surface area contributed by atoms with E-state index >= 15 is 0 Å². The molecule has 3 rings (SSSR count). The van der Waals surface area contributed by atoms with Gasteiger partial charge >= 0.3 is 0 Å². The molecule has 1 atom stereocenters.